The number of ether oxygens (including phenoxy) is 1. The molecule has 168 valence electrons. The molecule has 0 aliphatic carbocycles. The third-order valence-corrected chi connectivity index (χ3v) is 5.03. The first-order chi connectivity index (χ1) is 15.1. The average molecular weight is 437 g/mol. The van der Waals surface area contributed by atoms with Gasteiger partial charge in [0.1, 0.15) is 17.6 Å². The summed E-state index contributed by atoms with van der Waals surface area (Å²) in [5, 5.41) is 4.83. The molecule has 0 saturated carbocycles. The van der Waals surface area contributed by atoms with E-state index in [0.717, 1.165) is 16.3 Å². The van der Waals surface area contributed by atoms with E-state index in [2.05, 4.69) is 5.32 Å². The molecule has 1 N–H and O–H groups in total. The number of fused-ring (bicyclic) bond motifs is 1. The molecule has 0 aliphatic rings. The highest BCUT2D eigenvalue weighted by atomic mass is 19.1. The Morgan fingerprint density at radius 3 is 2.34 bits per heavy atom. The van der Waals surface area contributed by atoms with Crippen molar-refractivity contribution >= 4 is 22.6 Å². The number of rotatable bonds is 7. The Labute approximate surface area is 188 Å². The molecule has 32 heavy (non-hydrogen) atoms. The van der Waals surface area contributed by atoms with E-state index in [4.69, 9.17) is 4.74 Å². The van der Waals surface area contributed by atoms with Crippen molar-refractivity contribution in [3.8, 4) is 5.75 Å². The van der Waals surface area contributed by atoms with Crippen LogP contribution in [0.25, 0.3) is 10.8 Å². The first kappa shape index (κ1) is 23.3. The van der Waals surface area contributed by atoms with Gasteiger partial charge in [0.2, 0.25) is 5.91 Å². The number of nitrogens with one attached hydrogen (secondary N) is 1. The highest BCUT2D eigenvalue weighted by Crippen LogP contribution is 2.25. The summed E-state index contributed by atoms with van der Waals surface area (Å²) in [5.41, 5.74) is 0.287. The van der Waals surface area contributed by atoms with E-state index in [1.54, 1.807) is 19.1 Å². The highest BCUT2D eigenvalue weighted by Gasteiger charge is 2.28. The van der Waals surface area contributed by atoms with Crippen molar-refractivity contribution in [2.75, 3.05) is 6.61 Å². The standard InChI is InChI=1S/C26H29FN2O3/c1-18(25(31)28-26(2,3)4)29(16-19-12-14-21(27)15-13-19)24(30)17-32-23-11-7-9-20-8-5-6-10-22(20)23/h5-15,18H,16-17H2,1-4H3,(H,28,31)/t18-/m0/s1. The quantitative estimate of drug-likeness (QED) is 0.585. The molecule has 3 rings (SSSR count). The van der Waals surface area contributed by atoms with Gasteiger partial charge in [-0.2, -0.15) is 0 Å². The number of hydrogen-bond donors (Lipinski definition) is 1. The number of carbonyl (C=O) groups excluding carboxylic acids is 2. The van der Waals surface area contributed by atoms with Crippen LogP contribution in [0, 0.1) is 5.82 Å². The van der Waals surface area contributed by atoms with E-state index in [9.17, 15) is 14.0 Å². The van der Waals surface area contributed by atoms with Gasteiger partial charge in [0.25, 0.3) is 5.91 Å². The van der Waals surface area contributed by atoms with E-state index >= 15 is 0 Å². The maximum Gasteiger partial charge on any atom is 0.261 e. The fourth-order valence-corrected chi connectivity index (χ4v) is 3.39. The Morgan fingerprint density at radius 1 is 1.00 bits per heavy atom. The summed E-state index contributed by atoms with van der Waals surface area (Å²) in [6.45, 7) is 7.27. The molecular formula is C26H29FN2O3. The second-order valence-electron chi connectivity index (χ2n) is 8.83. The zero-order valence-electron chi connectivity index (χ0n) is 18.9. The van der Waals surface area contributed by atoms with E-state index in [0.29, 0.717) is 5.75 Å². The molecule has 0 radical (unpaired) electrons. The molecule has 0 unspecified atom stereocenters. The minimum atomic E-state index is -0.733. The molecule has 0 fully saturated rings. The summed E-state index contributed by atoms with van der Waals surface area (Å²) in [5.74, 6) is -0.355. The van der Waals surface area contributed by atoms with Crippen LogP contribution in [0.5, 0.6) is 5.75 Å². The molecule has 1 atom stereocenters. The predicted molar refractivity (Wildman–Crippen MR) is 124 cm³/mol. The van der Waals surface area contributed by atoms with Gasteiger partial charge in [0, 0.05) is 17.5 Å². The molecule has 0 spiro atoms. The zero-order chi connectivity index (χ0) is 23.3. The maximum absolute atomic E-state index is 13.3. The average Bonchev–Trinajstić information content (AvgIpc) is 2.75. The minimum absolute atomic E-state index is 0.163. The first-order valence-electron chi connectivity index (χ1n) is 10.6. The Morgan fingerprint density at radius 2 is 1.66 bits per heavy atom. The maximum atomic E-state index is 13.3. The second kappa shape index (κ2) is 9.81. The Hall–Kier alpha value is -3.41. The Kier molecular flexibility index (Phi) is 7.13. The van der Waals surface area contributed by atoms with E-state index in [1.807, 2.05) is 63.2 Å². The van der Waals surface area contributed by atoms with Gasteiger partial charge in [0.05, 0.1) is 0 Å². The van der Waals surface area contributed by atoms with Gasteiger partial charge < -0.3 is 15.0 Å². The van der Waals surface area contributed by atoms with Gasteiger partial charge in [-0.3, -0.25) is 9.59 Å². The van der Waals surface area contributed by atoms with Crippen LogP contribution in [0.15, 0.2) is 66.7 Å². The molecule has 3 aromatic carbocycles. The highest BCUT2D eigenvalue weighted by molar-refractivity contribution is 5.90. The van der Waals surface area contributed by atoms with E-state index < -0.39 is 11.6 Å². The van der Waals surface area contributed by atoms with Crippen molar-refractivity contribution in [3.63, 3.8) is 0 Å². The van der Waals surface area contributed by atoms with Crippen LogP contribution in [0.1, 0.15) is 33.3 Å². The molecule has 0 saturated heterocycles. The fraction of sp³-hybridized carbons (Fsp3) is 0.308. The Bertz CT molecular complexity index is 1080. The lowest BCUT2D eigenvalue weighted by Gasteiger charge is -2.31. The Balaban J connectivity index is 1.80. The molecular weight excluding hydrogens is 407 g/mol. The van der Waals surface area contributed by atoms with Crippen molar-refractivity contribution in [3.05, 3.63) is 78.1 Å². The fourth-order valence-electron chi connectivity index (χ4n) is 3.39. The molecule has 6 heteroatoms. The van der Waals surface area contributed by atoms with Crippen LogP contribution >= 0.6 is 0 Å². The van der Waals surface area contributed by atoms with Gasteiger partial charge >= 0.3 is 0 Å². The van der Waals surface area contributed by atoms with Crippen molar-refractivity contribution in [2.24, 2.45) is 0 Å². The number of nitrogens with zero attached hydrogens (tertiary/aromatic N) is 1. The van der Waals surface area contributed by atoms with Gasteiger partial charge in [-0.05, 0) is 56.8 Å². The largest absolute Gasteiger partial charge is 0.483 e. The summed E-state index contributed by atoms with van der Waals surface area (Å²) in [6, 6.07) is 18.6. The first-order valence-corrected chi connectivity index (χ1v) is 10.6. The summed E-state index contributed by atoms with van der Waals surface area (Å²) < 4.78 is 19.2. The smallest absolute Gasteiger partial charge is 0.261 e. The van der Waals surface area contributed by atoms with E-state index in [1.165, 1.54) is 17.0 Å². The molecule has 0 aliphatic heterocycles. The summed E-state index contributed by atoms with van der Waals surface area (Å²) in [4.78, 5) is 27.4. The number of hydrogen-bond acceptors (Lipinski definition) is 3. The number of carbonyl (C=O) groups is 2. The van der Waals surface area contributed by atoms with Gasteiger partial charge in [-0.15, -0.1) is 0 Å². The zero-order valence-corrected chi connectivity index (χ0v) is 18.9. The SMILES string of the molecule is C[C@@H](C(=O)NC(C)(C)C)N(Cc1ccc(F)cc1)C(=O)COc1cccc2ccccc12. The van der Waals surface area contributed by atoms with Gasteiger partial charge in [-0.25, -0.2) is 4.39 Å². The lowest BCUT2D eigenvalue weighted by Crippen LogP contribution is -2.53. The van der Waals surface area contributed by atoms with Gasteiger partial charge in [0.15, 0.2) is 6.61 Å². The van der Waals surface area contributed by atoms with Crippen LogP contribution < -0.4 is 10.1 Å². The van der Waals surface area contributed by atoms with Crippen molar-refractivity contribution in [1.29, 1.82) is 0 Å². The van der Waals surface area contributed by atoms with Crippen molar-refractivity contribution in [1.82, 2.24) is 10.2 Å². The molecule has 0 heterocycles. The summed E-state index contributed by atoms with van der Waals surface area (Å²) in [7, 11) is 0. The number of benzene rings is 3. The third kappa shape index (κ3) is 6.06. The minimum Gasteiger partial charge on any atom is -0.483 e. The van der Waals surface area contributed by atoms with Crippen LogP contribution in [0.4, 0.5) is 4.39 Å². The molecule has 3 aromatic rings. The van der Waals surface area contributed by atoms with Crippen LogP contribution in [-0.4, -0.2) is 34.9 Å². The number of halogens is 1. The van der Waals surface area contributed by atoms with Crippen LogP contribution in [0.2, 0.25) is 0 Å². The molecule has 0 bridgehead atoms. The van der Waals surface area contributed by atoms with Crippen molar-refractivity contribution < 1.29 is 18.7 Å². The predicted octanol–water partition coefficient (Wildman–Crippen LogP) is 4.69. The summed E-state index contributed by atoms with van der Waals surface area (Å²) >= 11 is 0. The lowest BCUT2D eigenvalue weighted by molar-refractivity contribution is -0.142. The van der Waals surface area contributed by atoms with Crippen LogP contribution in [-0.2, 0) is 16.1 Å². The third-order valence-electron chi connectivity index (χ3n) is 5.03. The van der Waals surface area contributed by atoms with Gasteiger partial charge in [-0.1, -0.05) is 48.5 Å². The molecule has 0 aromatic heterocycles. The second-order valence-corrected chi connectivity index (χ2v) is 8.83. The number of amides is 2. The van der Waals surface area contributed by atoms with Crippen molar-refractivity contribution in [2.45, 2.75) is 45.8 Å². The van der Waals surface area contributed by atoms with E-state index in [-0.39, 0.29) is 30.8 Å². The normalized spacial score (nSPS) is 12.3. The molecule has 2 amide bonds. The molecule has 5 nitrogen and oxygen atoms in total. The topological polar surface area (TPSA) is 58.6 Å². The van der Waals surface area contributed by atoms with Crippen LogP contribution in [0.3, 0.4) is 0 Å². The monoisotopic (exact) mass is 436 g/mol. The summed E-state index contributed by atoms with van der Waals surface area (Å²) in [6.07, 6.45) is 0. The lowest BCUT2D eigenvalue weighted by atomic mass is 10.1.